The first-order chi connectivity index (χ1) is 7.54. The maximum absolute atomic E-state index is 13.3. The van der Waals surface area contributed by atoms with Crippen LogP contribution in [0.2, 0.25) is 0 Å². The molecule has 6 heteroatoms. The Morgan fingerprint density at radius 3 is 2.75 bits per heavy atom. The molecule has 1 aromatic carbocycles. The molecule has 1 aromatic rings. The van der Waals surface area contributed by atoms with Gasteiger partial charge in [-0.05, 0) is 12.1 Å². The summed E-state index contributed by atoms with van der Waals surface area (Å²) in [5.74, 6) is -0.920. The smallest absolute Gasteiger partial charge is 0.343 e. The lowest BCUT2D eigenvalue weighted by atomic mass is 10.2. The molecule has 0 aromatic heterocycles. The van der Waals surface area contributed by atoms with Crippen molar-refractivity contribution in [3.05, 3.63) is 29.6 Å². The fourth-order valence-corrected chi connectivity index (χ4v) is 1.15. The van der Waals surface area contributed by atoms with E-state index in [4.69, 9.17) is 10.5 Å². The molecule has 0 aliphatic heterocycles. The molecule has 0 saturated heterocycles. The lowest BCUT2D eigenvalue weighted by Crippen LogP contribution is -2.14. The second kappa shape index (κ2) is 5.41. The first-order valence-electron chi connectivity index (χ1n) is 4.33. The zero-order valence-corrected chi connectivity index (χ0v) is 9.34. The van der Waals surface area contributed by atoms with Crippen molar-refractivity contribution < 1.29 is 18.7 Å². The summed E-state index contributed by atoms with van der Waals surface area (Å²) >= 11 is 4.64. The molecule has 0 bridgehead atoms. The molecule has 0 amide bonds. The summed E-state index contributed by atoms with van der Waals surface area (Å²) in [7, 11) is 1.24. The number of nitrogens with two attached hydrogens (primary N) is 1. The molecule has 4 nitrogen and oxygen atoms in total. The summed E-state index contributed by atoms with van der Waals surface area (Å²) < 4.78 is 22.7. The van der Waals surface area contributed by atoms with Gasteiger partial charge in [0.05, 0.1) is 7.11 Å². The molecule has 0 aliphatic carbocycles. The summed E-state index contributed by atoms with van der Waals surface area (Å²) in [6.45, 7) is -0.275. The normalized spacial score (nSPS) is 9.62. The number of carbonyl (C=O) groups is 1. The van der Waals surface area contributed by atoms with Crippen molar-refractivity contribution in [3.63, 3.8) is 0 Å². The van der Waals surface area contributed by atoms with Gasteiger partial charge in [-0.3, -0.25) is 0 Å². The van der Waals surface area contributed by atoms with Crippen molar-refractivity contribution in [2.24, 2.45) is 5.73 Å². The van der Waals surface area contributed by atoms with Crippen LogP contribution >= 0.6 is 12.2 Å². The van der Waals surface area contributed by atoms with Gasteiger partial charge >= 0.3 is 5.97 Å². The number of ether oxygens (including phenoxy) is 2. The molecule has 0 spiro atoms. The molecule has 1 rings (SSSR count). The predicted molar refractivity (Wildman–Crippen MR) is 59.8 cm³/mol. The van der Waals surface area contributed by atoms with Crippen LogP contribution in [0.15, 0.2) is 18.2 Å². The Labute approximate surface area is 97.1 Å². The van der Waals surface area contributed by atoms with Gasteiger partial charge < -0.3 is 15.2 Å². The van der Waals surface area contributed by atoms with E-state index in [0.29, 0.717) is 0 Å². The van der Waals surface area contributed by atoms with Crippen molar-refractivity contribution in [3.8, 4) is 5.75 Å². The highest BCUT2D eigenvalue weighted by atomic mass is 32.1. The number of halogens is 1. The van der Waals surface area contributed by atoms with Gasteiger partial charge in [-0.2, -0.15) is 0 Å². The topological polar surface area (TPSA) is 61.5 Å². The Kier molecular flexibility index (Phi) is 4.19. The highest BCUT2D eigenvalue weighted by Crippen LogP contribution is 2.16. The van der Waals surface area contributed by atoms with Crippen molar-refractivity contribution in [2.75, 3.05) is 13.7 Å². The first-order valence-corrected chi connectivity index (χ1v) is 4.74. The van der Waals surface area contributed by atoms with Crippen molar-refractivity contribution in [1.82, 2.24) is 0 Å². The Morgan fingerprint density at radius 2 is 2.25 bits per heavy atom. The maximum atomic E-state index is 13.3. The number of rotatable bonds is 4. The summed E-state index contributed by atoms with van der Waals surface area (Å²) in [4.78, 5) is 10.7. The summed E-state index contributed by atoms with van der Waals surface area (Å²) in [5, 5.41) is 0. The van der Waals surface area contributed by atoms with E-state index in [9.17, 15) is 9.18 Å². The van der Waals surface area contributed by atoms with E-state index in [-0.39, 0.29) is 22.9 Å². The summed E-state index contributed by atoms with van der Waals surface area (Å²) in [6, 6.07) is 3.97. The first kappa shape index (κ1) is 12.4. The van der Waals surface area contributed by atoms with Crippen LogP contribution < -0.4 is 10.5 Å². The van der Waals surface area contributed by atoms with E-state index in [1.165, 1.54) is 19.2 Å². The Balaban J connectivity index is 2.74. The highest BCUT2D eigenvalue weighted by Gasteiger charge is 2.07. The number of carbonyl (C=O) groups excluding carboxylic acids is 1. The fraction of sp³-hybridized carbons (Fsp3) is 0.200. The lowest BCUT2D eigenvalue weighted by Gasteiger charge is -2.06. The molecule has 16 heavy (non-hydrogen) atoms. The zero-order chi connectivity index (χ0) is 12.1. The summed E-state index contributed by atoms with van der Waals surface area (Å²) in [5.41, 5.74) is 5.42. The molecule has 0 fully saturated rings. The molecular formula is C10H10FNO3S. The highest BCUT2D eigenvalue weighted by molar-refractivity contribution is 7.80. The molecule has 0 saturated carbocycles. The molecular weight excluding hydrogens is 233 g/mol. The van der Waals surface area contributed by atoms with Crippen molar-refractivity contribution in [2.45, 2.75) is 0 Å². The third-order valence-electron chi connectivity index (χ3n) is 1.79. The molecule has 86 valence electrons. The SMILES string of the molecule is COC(=O)COc1ccc(C(N)=S)c(F)c1. The van der Waals surface area contributed by atoms with Gasteiger partial charge in [0, 0.05) is 11.6 Å². The number of hydrogen-bond acceptors (Lipinski definition) is 4. The van der Waals surface area contributed by atoms with Gasteiger partial charge in [-0.15, -0.1) is 0 Å². The van der Waals surface area contributed by atoms with Gasteiger partial charge in [-0.1, -0.05) is 12.2 Å². The van der Waals surface area contributed by atoms with E-state index < -0.39 is 11.8 Å². The number of thiocarbonyl (C=S) groups is 1. The van der Waals surface area contributed by atoms with Crippen molar-refractivity contribution in [1.29, 1.82) is 0 Å². The van der Waals surface area contributed by atoms with Gasteiger partial charge in [0.25, 0.3) is 0 Å². The van der Waals surface area contributed by atoms with Gasteiger partial charge in [0.15, 0.2) is 6.61 Å². The van der Waals surface area contributed by atoms with Gasteiger partial charge in [0.2, 0.25) is 0 Å². The van der Waals surface area contributed by atoms with E-state index in [0.717, 1.165) is 6.07 Å². The van der Waals surface area contributed by atoms with Crippen LogP contribution in [0.25, 0.3) is 0 Å². The molecule has 0 radical (unpaired) electrons. The fourth-order valence-electron chi connectivity index (χ4n) is 0.987. The van der Waals surface area contributed by atoms with E-state index in [1.54, 1.807) is 0 Å². The second-order valence-electron chi connectivity index (χ2n) is 2.87. The number of methoxy groups -OCH3 is 1. The largest absolute Gasteiger partial charge is 0.482 e. The zero-order valence-electron chi connectivity index (χ0n) is 8.53. The molecule has 2 N–H and O–H groups in total. The number of hydrogen-bond donors (Lipinski definition) is 1. The minimum absolute atomic E-state index is 0.0305. The Hall–Kier alpha value is -1.69. The van der Waals surface area contributed by atoms with Crippen LogP contribution in [-0.2, 0) is 9.53 Å². The van der Waals surface area contributed by atoms with Crippen LogP contribution in [0.5, 0.6) is 5.75 Å². The Bertz CT molecular complexity index is 423. The second-order valence-corrected chi connectivity index (χ2v) is 3.31. The Morgan fingerprint density at radius 1 is 1.56 bits per heavy atom. The molecule has 0 aliphatic rings. The van der Waals surface area contributed by atoms with E-state index in [1.807, 2.05) is 0 Å². The maximum Gasteiger partial charge on any atom is 0.343 e. The minimum atomic E-state index is -0.588. The minimum Gasteiger partial charge on any atom is -0.482 e. The average molecular weight is 243 g/mol. The number of esters is 1. The van der Waals surface area contributed by atoms with Crippen LogP contribution in [0.3, 0.4) is 0 Å². The van der Waals surface area contributed by atoms with Crippen LogP contribution in [0.1, 0.15) is 5.56 Å². The van der Waals surface area contributed by atoms with Crippen LogP contribution in [0, 0.1) is 5.82 Å². The third-order valence-corrected chi connectivity index (χ3v) is 2.01. The monoisotopic (exact) mass is 243 g/mol. The molecule has 0 heterocycles. The predicted octanol–water partition coefficient (Wildman–Crippen LogP) is 1.01. The lowest BCUT2D eigenvalue weighted by molar-refractivity contribution is -0.142. The average Bonchev–Trinajstić information content (AvgIpc) is 2.25. The van der Waals surface area contributed by atoms with E-state index >= 15 is 0 Å². The van der Waals surface area contributed by atoms with Crippen LogP contribution in [0.4, 0.5) is 4.39 Å². The summed E-state index contributed by atoms with van der Waals surface area (Å²) in [6.07, 6.45) is 0. The van der Waals surface area contributed by atoms with Crippen molar-refractivity contribution >= 4 is 23.2 Å². The van der Waals surface area contributed by atoms with Gasteiger partial charge in [0.1, 0.15) is 16.6 Å². The molecule has 0 atom stereocenters. The van der Waals surface area contributed by atoms with Gasteiger partial charge in [-0.25, -0.2) is 9.18 Å². The number of benzene rings is 1. The quantitative estimate of drug-likeness (QED) is 0.631. The third kappa shape index (κ3) is 3.16. The van der Waals surface area contributed by atoms with E-state index in [2.05, 4.69) is 17.0 Å². The van der Waals surface area contributed by atoms with Crippen LogP contribution in [-0.4, -0.2) is 24.7 Å². The standard InChI is InChI=1S/C10H10FNO3S/c1-14-9(13)5-15-6-2-3-7(10(12)16)8(11)4-6/h2-4H,5H2,1H3,(H2,12,16). The molecule has 0 unspecified atom stereocenters.